The Hall–Kier alpha value is -3.70. The van der Waals surface area contributed by atoms with E-state index in [1.165, 1.54) is 42.3 Å². The molecule has 0 fully saturated rings. The van der Waals surface area contributed by atoms with Crippen molar-refractivity contribution in [2.75, 3.05) is 18.2 Å². The molecule has 2 aromatic carbocycles. The highest BCUT2D eigenvalue weighted by atomic mass is 32.2. The van der Waals surface area contributed by atoms with Gasteiger partial charge in [-0.3, -0.25) is 4.79 Å². The second-order valence-electron chi connectivity index (χ2n) is 7.85. The Labute approximate surface area is 221 Å². The van der Waals surface area contributed by atoms with E-state index in [-0.39, 0.29) is 17.5 Å². The number of carbonyl (C=O) groups excluding carboxylic acids is 2. The van der Waals surface area contributed by atoms with Crippen LogP contribution >= 0.6 is 23.1 Å². The van der Waals surface area contributed by atoms with Crippen molar-refractivity contribution in [2.45, 2.75) is 31.7 Å². The summed E-state index contributed by atoms with van der Waals surface area (Å²) in [6.45, 7) is 4.35. The minimum atomic E-state index is -0.520. The SMILES string of the molecule is CCn1c(SCC(=O)Nc2scc(-c3ccccc3)c2C(=O)OC)nnc1C(C)Oc1ccc(F)cc1. The molecule has 4 aromatic rings. The Bertz CT molecular complexity index is 1370. The molecule has 1 amide bonds. The number of anilines is 1. The summed E-state index contributed by atoms with van der Waals surface area (Å²) in [4.78, 5) is 25.3. The summed E-state index contributed by atoms with van der Waals surface area (Å²) >= 11 is 2.50. The van der Waals surface area contributed by atoms with Crippen molar-refractivity contribution in [3.63, 3.8) is 0 Å². The standard InChI is InChI=1S/C26H25FN4O4S2/c1-4-31-23(16(2)35-19-12-10-18(27)11-13-19)29-30-26(31)37-15-21(32)28-24-22(25(33)34-3)20(14-36-24)17-8-6-5-7-9-17/h5-14,16H,4,15H2,1-3H3,(H,28,32). The lowest BCUT2D eigenvalue weighted by Crippen LogP contribution is -2.17. The van der Waals surface area contributed by atoms with Gasteiger partial charge in [0.15, 0.2) is 17.1 Å². The third kappa shape index (κ3) is 6.17. The first kappa shape index (κ1) is 26.4. The average molecular weight is 541 g/mol. The van der Waals surface area contributed by atoms with Gasteiger partial charge in [0.05, 0.1) is 12.9 Å². The van der Waals surface area contributed by atoms with Gasteiger partial charge in [-0.1, -0.05) is 42.1 Å². The van der Waals surface area contributed by atoms with Crippen molar-refractivity contribution in [1.82, 2.24) is 14.8 Å². The van der Waals surface area contributed by atoms with E-state index in [1.54, 1.807) is 12.1 Å². The number of benzene rings is 2. The van der Waals surface area contributed by atoms with Gasteiger partial charge in [-0.05, 0) is 43.7 Å². The zero-order chi connectivity index (χ0) is 26.4. The Morgan fingerprint density at radius 1 is 1.14 bits per heavy atom. The Morgan fingerprint density at radius 2 is 1.86 bits per heavy atom. The Balaban J connectivity index is 1.44. The van der Waals surface area contributed by atoms with Gasteiger partial charge >= 0.3 is 5.97 Å². The number of methoxy groups -OCH3 is 1. The molecular weight excluding hydrogens is 515 g/mol. The molecule has 0 bridgehead atoms. The van der Waals surface area contributed by atoms with Crippen LogP contribution in [0, 0.1) is 5.82 Å². The maximum atomic E-state index is 13.2. The van der Waals surface area contributed by atoms with E-state index in [9.17, 15) is 14.0 Å². The first-order valence-electron chi connectivity index (χ1n) is 11.4. The number of rotatable bonds is 10. The number of thioether (sulfide) groups is 1. The van der Waals surface area contributed by atoms with Crippen LogP contribution in [-0.2, 0) is 16.1 Å². The fourth-order valence-electron chi connectivity index (χ4n) is 3.65. The van der Waals surface area contributed by atoms with Crippen molar-refractivity contribution in [3.05, 3.63) is 77.2 Å². The molecule has 0 aliphatic carbocycles. The number of amides is 1. The maximum absolute atomic E-state index is 13.2. The number of carbonyl (C=O) groups is 2. The second kappa shape index (κ2) is 12.0. The van der Waals surface area contributed by atoms with Crippen molar-refractivity contribution >= 4 is 40.0 Å². The van der Waals surface area contributed by atoms with Gasteiger partial charge in [0.25, 0.3) is 0 Å². The van der Waals surface area contributed by atoms with Gasteiger partial charge in [0, 0.05) is 17.5 Å². The topological polar surface area (TPSA) is 95.3 Å². The molecule has 8 nitrogen and oxygen atoms in total. The molecule has 0 radical (unpaired) electrons. The Morgan fingerprint density at radius 3 is 2.54 bits per heavy atom. The smallest absolute Gasteiger partial charge is 0.341 e. The van der Waals surface area contributed by atoms with Crippen LogP contribution in [0.4, 0.5) is 9.39 Å². The predicted octanol–water partition coefficient (Wildman–Crippen LogP) is 5.82. The highest BCUT2D eigenvalue weighted by Gasteiger charge is 2.23. The third-order valence-corrected chi connectivity index (χ3v) is 7.26. The van der Waals surface area contributed by atoms with Gasteiger partial charge < -0.3 is 19.4 Å². The molecule has 0 aliphatic heterocycles. The van der Waals surface area contributed by atoms with Crippen LogP contribution in [0.25, 0.3) is 11.1 Å². The van der Waals surface area contributed by atoms with Crippen LogP contribution in [-0.4, -0.2) is 39.5 Å². The van der Waals surface area contributed by atoms with Gasteiger partial charge in [-0.15, -0.1) is 21.5 Å². The molecule has 2 aromatic heterocycles. The number of thiophene rings is 1. The lowest BCUT2D eigenvalue weighted by atomic mass is 10.0. The summed E-state index contributed by atoms with van der Waals surface area (Å²) in [6.07, 6.45) is -0.439. The van der Waals surface area contributed by atoms with Crippen molar-refractivity contribution in [3.8, 4) is 16.9 Å². The molecule has 1 atom stereocenters. The molecule has 37 heavy (non-hydrogen) atoms. The number of nitrogens with one attached hydrogen (secondary N) is 1. The zero-order valence-electron chi connectivity index (χ0n) is 20.4. The van der Waals surface area contributed by atoms with Gasteiger partial charge in [-0.25, -0.2) is 9.18 Å². The Kier molecular flexibility index (Phi) is 8.57. The molecule has 1 unspecified atom stereocenters. The monoisotopic (exact) mass is 540 g/mol. The number of esters is 1. The van der Waals surface area contributed by atoms with E-state index in [0.29, 0.717) is 39.4 Å². The van der Waals surface area contributed by atoms with E-state index in [4.69, 9.17) is 9.47 Å². The molecule has 192 valence electrons. The second-order valence-corrected chi connectivity index (χ2v) is 9.67. The van der Waals surface area contributed by atoms with Crippen LogP contribution < -0.4 is 10.1 Å². The maximum Gasteiger partial charge on any atom is 0.341 e. The first-order valence-corrected chi connectivity index (χ1v) is 13.3. The molecule has 0 saturated carbocycles. The number of hydrogen-bond donors (Lipinski definition) is 1. The molecule has 1 N–H and O–H groups in total. The lowest BCUT2D eigenvalue weighted by Gasteiger charge is -2.15. The molecule has 0 saturated heterocycles. The summed E-state index contributed by atoms with van der Waals surface area (Å²) in [7, 11) is 1.31. The van der Waals surface area contributed by atoms with E-state index < -0.39 is 12.1 Å². The third-order valence-electron chi connectivity index (χ3n) is 5.40. The molecule has 11 heteroatoms. The summed E-state index contributed by atoms with van der Waals surface area (Å²) in [6, 6.07) is 15.2. The lowest BCUT2D eigenvalue weighted by molar-refractivity contribution is -0.113. The van der Waals surface area contributed by atoms with E-state index in [0.717, 1.165) is 5.56 Å². The average Bonchev–Trinajstić information content (AvgIpc) is 3.52. The van der Waals surface area contributed by atoms with Crippen LogP contribution in [0.5, 0.6) is 5.75 Å². The number of ether oxygens (including phenoxy) is 2. The fraction of sp³-hybridized carbons (Fsp3) is 0.231. The predicted molar refractivity (Wildman–Crippen MR) is 142 cm³/mol. The van der Waals surface area contributed by atoms with Crippen LogP contribution in [0.2, 0.25) is 0 Å². The summed E-state index contributed by atoms with van der Waals surface area (Å²) in [5, 5.41) is 14.1. The van der Waals surface area contributed by atoms with Gasteiger partial charge in [-0.2, -0.15) is 0 Å². The number of aromatic nitrogens is 3. The largest absolute Gasteiger partial charge is 0.483 e. The first-order chi connectivity index (χ1) is 17.9. The quantitative estimate of drug-likeness (QED) is 0.200. The molecule has 4 rings (SSSR count). The number of nitrogens with zero attached hydrogens (tertiary/aromatic N) is 3. The zero-order valence-corrected chi connectivity index (χ0v) is 22.1. The fourth-order valence-corrected chi connectivity index (χ4v) is 5.44. The highest BCUT2D eigenvalue weighted by molar-refractivity contribution is 7.99. The molecule has 0 aliphatic rings. The van der Waals surface area contributed by atoms with Crippen LogP contribution in [0.15, 0.2) is 65.1 Å². The van der Waals surface area contributed by atoms with Crippen molar-refractivity contribution < 1.29 is 23.5 Å². The summed E-state index contributed by atoms with van der Waals surface area (Å²) in [5.74, 6) is 0.0119. The van der Waals surface area contributed by atoms with E-state index >= 15 is 0 Å². The normalized spacial score (nSPS) is 11.7. The molecular formula is C26H25FN4O4S2. The minimum absolute atomic E-state index is 0.0600. The number of hydrogen-bond acceptors (Lipinski definition) is 8. The molecule has 0 spiro atoms. The van der Waals surface area contributed by atoms with Crippen molar-refractivity contribution in [1.29, 1.82) is 0 Å². The van der Waals surface area contributed by atoms with Crippen LogP contribution in [0.3, 0.4) is 0 Å². The van der Waals surface area contributed by atoms with Gasteiger partial charge in [0.2, 0.25) is 5.91 Å². The summed E-state index contributed by atoms with van der Waals surface area (Å²) < 4.78 is 25.9. The molecule has 2 heterocycles. The van der Waals surface area contributed by atoms with Gasteiger partial charge in [0.1, 0.15) is 22.1 Å². The minimum Gasteiger partial charge on any atom is -0.483 e. The van der Waals surface area contributed by atoms with E-state index in [2.05, 4.69) is 15.5 Å². The number of halogens is 1. The van der Waals surface area contributed by atoms with Crippen molar-refractivity contribution in [2.24, 2.45) is 0 Å². The highest BCUT2D eigenvalue weighted by Crippen LogP contribution is 2.36. The summed E-state index contributed by atoms with van der Waals surface area (Å²) in [5.41, 5.74) is 1.88. The van der Waals surface area contributed by atoms with Crippen LogP contribution in [0.1, 0.15) is 36.1 Å². The van der Waals surface area contributed by atoms with E-state index in [1.807, 2.05) is 54.1 Å².